The van der Waals surface area contributed by atoms with E-state index in [9.17, 15) is 0 Å². The van der Waals surface area contributed by atoms with E-state index in [-0.39, 0.29) is 0 Å². The van der Waals surface area contributed by atoms with Crippen LogP contribution in [0.5, 0.6) is 5.88 Å². The summed E-state index contributed by atoms with van der Waals surface area (Å²) in [5.74, 6) is 0.697. The van der Waals surface area contributed by atoms with Gasteiger partial charge in [0, 0.05) is 11.6 Å². The van der Waals surface area contributed by atoms with E-state index >= 15 is 0 Å². The van der Waals surface area contributed by atoms with E-state index in [0.717, 1.165) is 8.49 Å². The molecule has 4 heteroatoms. The summed E-state index contributed by atoms with van der Waals surface area (Å²) in [4.78, 5) is 4.11. The van der Waals surface area contributed by atoms with Crippen molar-refractivity contribution < 1.29 is 4.74 Å². The number of nitrogens with zero attached hydrogens (tertiary/aromatic N) is 1. The maximum atomic E-state index is 5.12. The van der Waals surface area contributed by atoms with Crippen LogP contribution in [0.4, 0.5) is 0 Å². The summed E-state index contributed by atoms with van der Waals surface area (Å²) in [5, 5.41) is 1.17. The number of halogens is 1. The molecule has 0 spiro atoms. The molecule has 0 amide bonds. The zero-order chi connectivity index (χ0) is 8.55. The van der Waals surface area contributed by atoms with Crippen molar-refractivity contribution >= 4 is 37.4 Å². The summed E-state index contributed by atoms with van der Waals surface area (Å²) in [5.41, 5.74) is 0. The molecule has 0 bridgehead atoms. The lowest BCUT2D eigenvalue weighted by Crippen LogP contribution is -1.85. The molecule has 2 aromatic rings. The molecule has 2 aromatic heterocycles. The van der Waals surface area contributed by atoms with Crippen LogP contribution in [0.25, 0.3) is 10.1 Å². The molecule has 0 saturated carbocycles. The first-order chi connectivity index (χ1) is 5.81. The van der Waals surface area contributed by atoms with E-state index in [2.05, 4.69) is 27.0 Å². The van der Waals surface area contributed by atoms with Crippen molar-refractivity contribution in [3.63, 3.8) is 0 Å². The van der Waals surface area contributed by atoms with Crippen LogP contribution in [0, 0.1) is 0 Å². The van der Waals surface area contributed by atoms with Gasteiger partial charge in [0.1, 0.15) is 0 Å². The van der Waals surface area contributed by atoms with Crippen LogP contribution in [0.1, 0.15) is 0 Å². The zero-order valence-electron chi connectivity index (χ0n) is 6.37. The summed E-state index contributed by atoms with van der Waals surface area (Å²) >= 11 is 5.06. The molecule has 2 rings (SSSR count). The minimum atomic E-state index is 0.697. The number of fused-ring (bicyclic) bond motifs is 1. The van der Waals surface area contributed by atoms with Gasteiger partial charge in [0.15, 0.2) is 0 Å². The normalized spacial score (nSPS) is 10.5. The second kappa shape index (κ2) is 3.03. The van der Waals surface area contributed by atoms with E-state index in [1.807, 2.05) is 6.07 Å². The van der Waals surface area contributed by atoms with Crippen LogP contribution in [-0.2, 0) is 0 Å². The molecule has 2 nitrogen and oxygen atoms in total. The fourth-order valence-corrected chi connectivity index (χ4v) is 2.64. The van der Waals surface area contributed by atoms with Crippen molar-refractivity contribution in [2.24, 2.45) is 0 Å². The number of pyridine rings is 1. The predicted octanol–water partition coefficient (Wildman–Crippen LogP) is 3.07. The van der Waals surface area contributed by atoms with Gasteiger partial charge in [-0.15, -0.1) is 11.3 Å². The van der Waals surface area contributed by atoms with Gasteiger partial charge in [0.2, 0.25) is 5.88 Å². The summed E-state index contributed by atoms with van der Waals surface area (Å²) in [7, 11) is 1.63. The number of methoxy groups -OCH3 is 1. The van der Waals surface area contributed by atoms with Crippen molar-refractivity contribution in [3.05, 3.63) is 22.1 Å². The largest absolute Gasteiger partial charge is 0.480 e. The molecule has 0 unspecified atom stereocenters. The molecule has 0 aliphatic carbocycles. The smallest absolute Gasteiger partial charge is 0.231 e. The van der Waals surface area contributed by atoms with E-state index in [1.54, 1.807) is 24.6 Å². The average molecular weight is 244 g/mol. The number of aromatic nitrogens is 1. The lowest BCUT2D eigenvalue weighted by atomic mass is 10.3. The van der Waals surface area contributed by atoms with Gasteiger partial charge in [-0.05, 0) is 28.1 Å². The number of hydrogen-bond acceptors (Lipinski definition) is 3. The van der Waals surface area contributed by atoms with E-state index in [4.69, 9.17) is 4.74 Å². The highest BCUT2D eigenvalue weighted by Gasteiger charge is 2.05. The molecular weight excluding hydrogens is 238 g/mol. The van der Waals surface area contributed by atoms with Crippen molar-refractivity contribution in [1.82, 2.24) is 4.98 Å². The molecule has 0 atom stereocenters. The Balaban J connectivity index is 2.78. The fourth-order valence-electron chi connectivity index (χ4n) is 1.05. The van der Waals surface area contributed by atoms with Gasteiger partial charge in [0.25, 0.3) is 0 Å². The Morgan fingerprint density at radius 3 is 3.17 bits per heavy atom. The summed E-state index contributed by atoms with van der Waals surface area (Å²) in [6, 6.07) is 4.03. The van der Waals surface area contributed by atoms with Gasteiger partial charge in [-0.2, -0.15) is 0 Å². The molecule has 0 N–H and O–H groups in total. The summed E-state index contributed by atoms with van der Waals surface area (Å²) in [6.45, 7) is 0. The van der Waals surface area contributed by atoms with Crippen LogP contribution in [0.15, 0.2) is 22.1 Å². The van der Waals surface area contributed by atoms with Crippen LogP contribution >= 0.6 is 27.3 Å². The van der Waals surface area contributed by atoms with Gasteiger partial charge in [-0.25, -0.2) is 4.98 Å². The first-order valence-electron chi connectivity index (χ1n) is 3.39. The van der Waals surface area contributed by atoms with E-state index in [1.165, 1.54) is 5.39 Å². The third-order valence-electron chi connectivity index (χ3n) is 1.56. The molecule has 0 saturated heterocycles. The first kappa shape index (κ1) is 8.01. The van der Waals surface area contributed by atoms with Crippen LogP contribution in [-0.4, -0.2) is 12.1 Å². The van der Waals surface area contributed by atoms with E-state index < -0.39 is 0 Å². The van der Waals surface area contributed by atoms with Gasteiger partial charge >= 0.3 is 0 Å². The predicted molar refractivity (Wildman–Crippen MR) is 53.9 cm³/mol. The molecular formula is C8H6BrNOS. The second-order valence-corrected chi connectivity index (χ2v) is 4.72. The Bertz CT molecular complexity index is 412. The highest BCUT2D eigenvalue weighted by Crippen LogP contribution is 2.34. The Morgan fingerprint density at radius 2 is 2.42 bits per heavy atom. The Morgan fingerprint density at radius 1 is 1.58 bits per heavy atom. The molecule has 0 aromatic carbocycles. The molecule has 0 fully saturated rings. The van der Waals surface area contributed by atoms with Crippen LogP contribution in [0.3, 0.4) is 0 Å². The average Bonchev–Trinajstić information content (AvgIpc) is 2.44. The van der Waals surface area contributed by atoms with Gasteiger partial charge in [0.05, 0.1) is 15.6 Å². The van der Waals surface area contributed by atoms with Crippen LogP contribution in [0.2, 0.25) is 0 Å². The maximum Gasteiger partial charge on any atom is 0.231 e. The third kappa shape index (κ3) is 1.21. The third-order valence-corrected chi connectivity index (χ3v) is 3.21. The number of hydrogen-bond donors (Lipinski definition) is 0. The molecule has 0 radical (unpaired) electrons. The van der Waals surface area contributed by atoms with Crippen molar-refractivity contribution in [2.75, 3.05) is 7.11 Å². The summed E-state index contributed by atoms with van der Waals surface area (Å²) < 4.78 is 7.31. The lowest BCUT2D eigenvalue weighted by molar-refractivity contribution is 0.404. The van der Waals surface area contributed by atoms with Crippen molar-refractivity contribution in [2.45, 2.75) is 0 Å². The van der Waals surface area contributed by atoms with Gasteiger partial charge in [-0.3, -0.25) is 0 Å². The molecule has 0 aliphatic rings. The number of thiophene rings is 1. The molecule has 12 heavy (non-hydrogen) atoms. The molecule has 2 heterocycles. The standard InChI is InChI=1S/C8H6BrNOS/c1-11-8-7-5(2-3-10-8)4-6(9)12-7/h2-4H,1H3. The minimum absolute atomic E-state index is 0.697. The molecule has 0 aliphatic heterocycles. The zero-order valence-corrected chi connectivity index (χ0v) is 8.78. The Kier molecular flexibility index (Phi) is 2.02. The Labute approximate surface area is 82.3 Å². The highest BCUT2D eigenvalue weighted by atomic mass is 79.9. The lowest BCUT2D eigenvalue weighted by Gasteiger charge is -1.97. The summed E-state index contributed by atoms with van der Waals surface area (Å²) in [6.07, 6.45) is 1.75. The van der Waals surface area contributed by atoms with Gasteiger partial charge in [-0.1, -0.05) is 0 Å². The SMILES string of the molecule is COc1nccc2cc(Br)sc12. The monoisotopic (exact) mass is 243 g/mol. The van der Waals surface area contributed by atoms with E-state index in [0.29, 0.717) is 5.88 Å². The highest BCUT2D eigenvalue weighted by molar-refractivity contribution is 9.11. The minimum Gasteiger partial charge on any atom is -0.480 e. The Hall–Kier alpha value is -0.610. The topological polar surface area (TPSA) is 22.1 Å². The first-order valence-corrected chi connectivity index (χ1v) is 5.00. The van der Waals surface area contributed by atoms with Crippen molar-refractivity contribution in [3.8, 4) is 5.88 Å². The molecule has 62 valence electrons. The van der Waals surface area contributed by atoms with Crippen molar-refractivity contribution in [1.29, 1.82) is 0 Å². The maximum absolute atomic E-state index is 5.12. The fraction of sp³-hybridized carbons (Fsp3) is 0.125. The van der Waals surface area contributed by atoms with Gasteiger partial charge < -0.3 is 4.74 Å². The quantitative estimate of drug-likeness (QED) is 0.769. The number of rotatable bonds is 1. The van der Waals surface area contributed by atoms with Crippen LogP contribution < -0.4 is 4.74 Å². The number of ether oxygens (including phenoxy) is 1. The second-order valence-electron chi connectivity index (χ2n) is 2.29.